The van der Waals surface area contributed by atoms with Crippen LogP contribution in [-0.2, 0) is 0 Å². The standard InChI is InChI=1S/4BO3.3Pb/c4*2-1(3)4;;;/q4*-3;;;. The average Bonchev–Trinajstić information content (AvgIpc) is 1.76. The van der Waals surface area contributed by atoms with Gasteiger partial charge in [0.2, 0.25) is 0 Å². The Bertz CT molecular complexity index is 68.0. The van der Waals surface area contributed by atoms with Crippen molar-refractivity contribution < 1.29 is 60.3 Å². The summed E-state index contributed by atoms with van der Waals surface area (Å²) in [6.45, 7) is 0. The van der Waals surface area contributed by atoms with Gasteiger partial charge in [0.1, 0.15) is 0 Å². The van der Waals surface area contributed by atoms with Gasteiger partial charge in [0.15, 0.2) is 0 Å². The van der Waals surface area contributed by atoms with E-state index in [1.165, 1.54) is 0 Å². The van der Waals surface area contributed by atoms with Crippen molar-refractivity contribution in [2.75, 3.05) is 0 Å². The summed E-state index contributed by atoms with van der Waals surface area (Å²) in [5.41, 5.74) is 0. The zero-order valence-electron chi connectivity index (χ0n) is 8.71. The summed E-state index contributed by atoms with van der Waals surface area (Å²) >= 11 is 0. The Morgan fingerprint density at radius 3 is 0.263 bits per heavy atom. The van der Waals surface area contributed by atoms with Crippen LogP contribution in [0.2, 0.25) is 0 Å². The van der Waals surface area contributed by atoms with E-state index in [9.17, 15) is 0 Å². The zero-order valence-corrected chi connectivity index (χ0v) is 20.4. The molecule has 0 heterocycles. The molecule has 12 nitrogen and oxygen atoms in total. The molecule has 0 aliphatic carbocycles. The molecule has 0 aliphatic heterocycles. The maximum atomic E-state index is 8.42. The second kappa shape index (κ2) is 37.1. The first-order valence-corrected chi connectivity index (χ1v) is 2.83. The first-order chi connectivity index (χ1) is 6.93. The van der Waals surface area contributed by atoms with Gasteiger partial charge in [0, 0.05) is 81.9 Å². The summed E-state index contributed by atoms with van der Waals surface area (Å²) in [5.74, 6) is 0. The molecule has 0 aliphatic rings. The Morgan fingerprint density at radius 1 is 0.263 bits per heavy atom. The molecule has 0 saturated carbocycles. The van der Waals surface area contributed by atoms with Gasteiger partial charge in [-0.25, -0.2) is 0 Å². The van der Waals surface area contributed by atoms with Crippen molar-refractivity contribution in [3.05, 3.63) is 0 Å². The normalized spacial score (nSPS) is 5.68. The SMILES string of the molecule is [O-]B([O-])[O-].[O-]B([O-])[O-].[O-]B([O-])[O-].[O-]B([O-])[O-].[Pb].[Pb].[Pb]. The molecule has 0 bridgehead atoms. The molecular weight excluding hydrogens is 857 g/mol. The van der Waals surface area contributed by atoms with Crippen molar-refractivity contribution in [2.45, 2.75) is 0 Å². The van der Waals surface area contributed by atoms with E-state index < -0.39 is 29.3 Å². The molecule has 12 radical (unpaired) electrons. The first kappa shape index (κ1) is 43.0. The van der Waals surface area contributed by atoms with Gasteiger partial charge in [-0.2, -0.15) is 0 Å². The minimum atomic E-state index is -2.92. The van der Waals surface area contributed by atoms with Crippen LogP contribution in [0.15, 0.2) is 0 Å². The minimum Gasteiger partial charge on any atom is -0.907 e. The van der Waals surface area contributed by atoms with Crippen LogP contribution < -0.4 is 60.3 Å². The molecule has 0 fully saturated rings. The summed E-state index contributed by atoms with van der Waals surface area (Å²) in [6.07, 6.45) is 0. The third-order valence-electron chi connectivity index (χ3n) is 0. The van der Waals surface area contributed by atoms with Crippen LogP contribution in [0.25, 0.3) is 0 Å². The Hall–Kier alpha value is 2.55. The summed E-state index contributed by atoms with van der Waals surface area (Å²) in [5, 5.41) is 101. The fourth-order valence-electron chi connectivity index (χ4n) is 0. The molecule has 0 aromatic heterocycles. The van der Waals surface area contributed by atoms with Gasteiger partial charge in [-0.1, -0.05) is 0 Å². The third-order valence-corrected chi connectivity index (χ3v) is 0. The summed E-state index contributed by atoms with van der Waals surface area (Å²) in [6, 6.07) is 0. The van der Waals surface area contributed by atoms with Crippen LogP contribution in [0.1, 0.15) is 0 Å². The Balaban J connectivity index is -0.0000000192. The topological polar surface area (TPSA) is 277 Å². The molecule has 0 aromatic rings. The maximum Gasteiger partial charge on any atom is 0 e. The van der Waals surface area contributed by atoms with Gasteiger partial charge in [-0.3, -0.25) is 29.3 Å². The van der Waals surface area contributed by atoms with Crippen molar-refractivity contribution in [2.24, 2.45) is 0 Å². The van der Waals surface area contributed by atoms with E-state index >= 15 is 0 Å². The van der Waals surface area contributed by atoms with E-state index in [-0.39, 0.29) is 81.9 Å². The molecule has 0 N–H and O–H groups in total. The first-order valence-electron chi connectivity index (χ1n) is 2.83. The quantitative estimate of drug-likeness (QED) is 0.206. The van der Waals surface area contributed by atoms with Crippen molar-refractivity contribution >= 4 is 111 Å². The van der Waals surface area contributed by atoms with E-state index in [0.717, 1.165) is 0 Å². The van der Waals surface area contributed by atoms with Crippen molar-refractivity contribution in [1.82, 2.24) is 0 Å². The van der Waals surface area contributed by atoms with Gasteiger partial charge < -0.3 is 60.3 Å². The predicted molar refractivity (Wildman–Crippen MR) is 40.3 cm³/mol. The van der Waals surface area contributed by atoms with Crippen LogP contribution in [0.3, 0.4) is 0 Å². The van der Waals surface area contributed by atoms with Crippen molar-refractivity contribution in [3.63, 3.8) is 0 Å². The largest absolute Gasteiger partial charge is 0.907 e. The minimum absolute atomic E-state index is 0. The van der Waals surface area contributed by atoms with E-state index in [1.54, 1.807) is 0 Å². The van der Waals surface area contributed by atoms with E-state index in [0.29, 0.717) is 0 Å². The van der Waals surface area contributed by atoms with Crippen LogP contribution >= 0.6 is 0 Å². The molecular formula is B4O12Pb3-12. The third kappa shape index (κ3) is 1090. The van der Waals surface area contributed by atoms with Crippen LogP contribution in [-0.4, -0.2) is 111 Å². The molecule has 19 heavy (non-hydrogen) atoms. The van der Waals surface area contributed by atoms with Crippen LogP contribution in [0.5, 0.6) is 0 Å². The second-order valence-corrected chi connectivity index (χ2v) is 1.15. The van der Waals surface area contributed by atoms with Gasteiger partial charge in [0.05, 0.1) is 0 Å². The molecule has 0 atom stereocenters. The monoisotopic (exact) mass is 860 g/mol. The molecule has 0 saturated heterocycles. The molecule has 108 valence electrons. The second-order valence-electron chi connectivity index (χ2n) is 1.15. The van der Waals surface area contributed by atoms with Gasteiger partial charge in [0.25, 0.3) is 0 Å². The Morgan fingerprint density at radius 2 is 0.263 bits per heavy atom. The van der Waals surface area contributed by atoms with Crippen molar-refractivity contribution in [3.8, 4) is 0 Å². The molecule has 0 spiro atoms. The Kier molecular flexibility index (Phi) is 83.9. The maximum absolute atomic E-state index is 8.42. The zero-order chi connectivity index (χ0) is 14.3. The predicted octanol–water partition coefficient (Wildman–Crippen LogP) is -16.9. The molecule has 0 amide bonds. The molecule has 19 heteroatoms. The average molecular weight is 857 g/mol. The molecule has 0 rings (SSSR count). The van der Waals surface area contributed by atoms with E-state index in [4.69, 9.17) is 60.3 Å². The smallest absolute Gasteiger partial charge is 0 e. The van der Waals surface area contributed by atoms with E-state index in [2.05, 4.69) is 0 Å². The molecule has 0 aromatic carbocycles. The summed E-state index contributed by atoms with van der Waals surface area (Å²) in [4.78, 5) is 0. The van der Waals surface area contributed by atoms with Gasteiger partial charge in [-0.05, 0) is 0 Å². The van der Waals surface area contributed by atoms with Crippen molar-refractivity contribution in [1.29, 1.82) is 0 Å². The van der Waals surface area contributed by atoms with Gasteiger partial charge in [-0.15, -0.1) is 0 Å². The van der Waals surface area contributed by atoms with Crippen LogP contribution in [0, 0.1) is 0 Å². The number of hydrogen-bond acceptors (Lipinski definition) is 12. The Labute approximate surface area is 169 Å². The van der Waals surface area contributed by atoms with Gasteiger partial charge >= 0.3 is 0 Å². The number of hydrogen-bond donors (Lipinski definition) is 0. The fourth-order valence-corrected chi connectivity index (χ4v) is 0. The van der Waals surface area contributed by atoms with E-state index in [1.807, 2.05) is 0 Å². The number of rotatable bonds is 0. The fraction of sp³-hybridized carbons (Fsp3) is 0. The summed E-state index contributed by atoms with van der Waals surface area (Å²) < 4.78 is 0. The molecule has 0 unspecified atom stereocenters. The van der Waals surface area contributed by atoms with Crippen LogP contribution in [0.4, 0.5) is 0 Å². The summed E-state index contributed by atoms with van der Waals surface area (Å²) in [7, 11) is -11.7.